The first-order valence-corrected chi connectivity index (χ1v) is 12.0. The number of rotatable bonds is 4. The molecule has 2 heterocycles. The molecule has 2 aromatic rings. The Bertz CT molecular complexity index is 1170. The van der Waals surface area contributed by atoms with Crippen molar-refractivity contribution in [2.45, 2.75) is 39.0 Å². The molecule has 176 valence electrons. The maximum Gasteiger partial charge on any atom is 0.316 e. The molecular formula is C26H25ClN2O5. The predicted molar refractivity (Wildman–Crippen MR) is 127 cm³/mol. The number of anilines is 2. The number of imide groups is 1. The number of hydrogen-bond acceptors (Lipinski definition) is 5. The van der Waals surface area contributed by atoms with Gasteiger partial charge in [0.15, 0.2) is 0 Å². The zero-order valence-corrected chi connectivity index (χ0v) is 19.6. The molecular weight excluding hydrogens is 456 g/mol. The number of amides is 3. The summed E-state index contributed by atoms with van der Waals surface area (Å²) in [5.41, 5.74) is 1.78. The van der Waals surface area contributed by atoms with E-state index in [4.69, 9.17) is 16.3 Å². The molecule has 0 aromatic heterocycles. The molecule has 2 aliphatic heterocycles. The number of para-hydroxylation sites is 1. The van der Waals surface area contributed by atoms with E-state index in [9.17, 15) is 19.2 Å². The average molecular weight is 481 g/mol. The third kappa shape index (κ3) is 3.88. The summed E-state index contributed by atoms with van der Waals surface area (Å²) in [7, 11) is 0. The van der Waals surface area contributed by atoms with Crippen molar-refractivity contribution in [1.82, 2.24) is 0 Å². The van der Waals surface area contributed by atoms with Gasteiger partial charge in [-0.25, -0.2) is 4.90 Å². The van der Waals surface area contributed by atoms with E-state index in [-0.39, 0.29) is 42.5 Å². The number of halogens is 1. The van der Waals surface area contributed by atoms with Gasteiger partial charge in [-0.15, -0.1) is 0 Å². The van der Waals surface area contributed by atoms with Crippen molar-refractivity contribution >= 4 is 46.7 Å². The maximum absolute atomic E-state index is 12.9. The largest absolute Gasteiger partial charge is 0.426 e. The Hall–Kier alpha value is -3.19. The van der Waals surface area contributed by atoms with E-state index in [0.29, 0.717) is 27.7 Å². The minimum absolute atomic E-state index is 0.0423. The highest BCUT2D eigenvalue weighted by Crippen LogP contribution is 2.41. The molecule has 8 heteroatoms. The Kier molecular flexibility index (Phi) is 5.90. The summed E-state index contributed by atoms with van der Waals surface area (Å²) in [6, 6.07) is 11.9. The monoisotopic (exact) mass is 480 g/mol. The molecule has 0 radical (unpaired) electrons. The zero-order chi connectivity index (χ0) is 24.0. The highest BCUT2D eigenvalue weighted by atomic mass is 35.5. The summed E-state index contributed by atoms with van der Waals surface area (Å²) in [6.07, 6.45) is 3.50. The van der Waals surface area contributed by atoms with Crippen molar-refractivity contribution in [3.8, 4) is 5.75 Å². The molecule has 0 bridgehead atoms. The van der Waals surface area contributed by atoms with Crippen LogP contribution in [0, 0.1) is 24.7 Å². The van der Waals surface area contributed by atoms with Gasteiger partial charge in [0.05, 0.1) is 34.2 Å². The van der Waals surface area contributed by atoms with Crippen molar-refractivity contribution in [3.05, 3.63) is 53.1 Å². The minimum Gasteiger partial charge on any atom is -0.426 e. The van der Waals surface area contributed by atoms with E-state index >= 15 is 0 Å². The van der Waals surface area contributed by atoms with Crippen LogP contribution in [0.25, 0.3) is 0 Å². The SMILES string of the molecule is Cc1cc(OC(=O)[C@@H]2CC(=O)N(c3ccccc3Cl)C2)ccc1N1C(=O)[C@@H]2CCCC[C@H]2C1=O. The number of ether oxygens (including phenoxy) is 1. The number of hydrogen-bond donors (Lipinski definition) is 0. The van der Waals surface area contributed by atoms with Crippen LogP contribution in [-0.2, 0) is 19.2 Å². The number of carbonyl (C=O) groups excluding carboxylic acids is 4. The van der Waals surface area contributed by atoms with Gasteiger partial charge < -0.3 is 9.64 Å². The number of benzene rings is 2. The molecule has 2 saturated heterocycles. The molecule has 34 heavy (non-hydrogen) atoms. The van der Waals surface area contributed by atoms with Crippen molar-refractivity contribution in [1.29, 1.82) is 0 Å². The molecule has 1 aliphatic carbocycles. The number of esters is 1. The van der Waals surface area contributed by atoms with E-state index in [2.05, 4.69) is 0 Å². The summed E-state index contributed by atoms with van der Waals surface area (Å²) < 4.78 is 5.57. The van der Waals surface area contributed by atoms with Gasteiger partial charge in [-0.1, -0.05) is 36.6 Å². The highest BCUT2D eigenvalue weighted by molar-refractivity contribution is 6.34. The number of fused-ring (bicyclic) bond motifs is 1. The fraction of sp³-hybridized carbons (Fsp3) is 0.385. The second-order valence-corrected chi connectivity index (χ2v) is 9.64. The number of nitrogens with zero attached hydrogens (tertiary/aromatic N) is 2. The molecule has 2 aromatic carbocycles. The zero-order valence-electron chi connectivity index (χ0n) is 18.8. The Labute approximate surface area is 202 Å². The molecule has 3 fully saturated rings. The smallest absolute Gasteiger partial charge is 0.316 e. The average Bonchev–Trinajstić information content (AvgIpc) is 3.33. The Morgan fingerprint density at radius 1 is 0.971 bits per heavy atom. The Balaban J connectivity index is 1.29. The fourth-order valence-corrected chi connectivity index (χ4v) is 5.55. The van der Waals surface area contributed by atoms with Crippen LogP contribution in [0.5, 0.6) is 5.75 Å². The van der Waals surface area contributed by atoms with Crippen LogP contribution in [0.2, 0.25) is 5.02 Å². The van der Waals surface area contributed by atoms with Gasteiger partial charge in [-0.05, 0) is 55.7 Å². The predicted octanol–water partition coefficient (Wildman–Crippen LogP) is 4.29. The molecule has 0 unspecified atom stereocenters. The summed E-state index contributed by atoms with van der Waals surface area (Å²) in [6.45, 7) is 1.98. The second kappa shape index (κ2) is 8.87. The normalized spacial score (nSPS) is 24.5. The van der Waals surface area contributed by atoms with Crippen LogP contribution in [0.15, 0.2) is 42.5 Å². The van der Waals surface area contributed by atoms with Crippen molar-refractivity contribution in [3.63, 3.8) is 0 Å². The van der Waals surface area contributed by atoms with Crippen LogP contribution in [-0.4, -0.2) is 30.2 Å². The summed E-state index contributed by atoms with van der Waals surface area (Å²) >= 11 is 6.21. The molecule has 0 spiro atoms. The second-order valence-electron chi connectivity index (χ2n) is 9.24. The highest BCUT2D eigenvalue weighted by Gasteiger charge is 2.49. The van der Waals surface area contributed by atoms with Crippen LogP contribution in [0.1, 0.15) is 37.7 Å². The fourth-order valence-electron chi connectivity index (χ4n) is 5.31. The van der Waals surface area contributed by atoms with Gasteiger partial charge in [0.25, 0.3) is 0 Å². The van der Waals surface area contributed by atoms with Gasteiger partial charge in [-0.3, -0.25) is 19.2 Å². The first kappa shape index (κ1) is 22.6. The third-order valence-corrected chi connectivity index (χ3v) is 7.39. The van der Waals surface area contributed by atoms with Gasteiger partial charge in [0.1, 0.15) is 5.75 Å². The quantitative estimate of drug-likeness (QED) is 0.370. The molecule has 1 saturated carbocycles. The van der Waals surface area contributed by atoms with Crippen LogP contribution < -0.4 is 14.5 Å². The van der Waals surface area contributed by atoms with Crippen LogP contribution >= 0.6 is 11.6 Å². The van der Waals surface area contributed by atoms with Crippen molar-refractivity contribution in [2.24, 2.45) is 17.8 Å². The molecule has 3 atom stereocenters. The van der Waals surface area contributed by atoms with Gasteiger partial charge in [-0.2, -0.15) is 0 Å². The van der Waals surface area contributed by atoms with Gasteiger partial charge in [0.2, 0.25) is 17.7 Å². The van der Waals surface area contributed by atoms with E-state index in [0.717, 1.165) is 25.7 Å². The lowest BCUT2D eigenvalue weighted by atomic mass is 9.81. The molecule has 3 aliphatic rings. The lowest BCUT2D eigenvalue weighted by Crippen LogP contribution is -2.31. The first-order valence-electron chi connectivity index (χ1n) is 11.6. The van der Waals surface area contributed by atoms with E-state index in [1.165, 1.54) is 9.80 Å². The first-order chi connectivity index (χ1) is 16.3. The van der Waals surface area contributed by atoms with E-state index in [1.54, 1.807) is 49.4 Å². The summed E-state index contributed by atoms with van der Waals surface area (Å²) in [4.78, 5) is 53.9. The third-order valence-electron chi connectivity index (χ3n) is 7.07. The lowest BCUT2D eigenvalue weighted by molar-refractivity contribution is -0.139. The molecule has 5 rings (SSSR count). The number of aryl methyl sites for hydroxylation is 1. The molecule has 7 nitrogen and oxygen atoms in total. The summed E-state index contributed by atoms with van der Waals surface area (Å²) in [5.74, 6) is -1.71. The molecule has 0 N–H and O–H groups in total. The Morgan fingerprint density at radius 3 is 2.29 bits per heavy atom. The standard InChI is InChI=1S/C26H25ClN2O5/c1-15-12-17(10-11-21(15)29-24(31)18-6-2-3-7-19(18)25(29)32)34-26(33)16-13-23(30)28(14-16)22-9-5-4-8-20(22)27/h4-5,8-12,16,18-19H,2-3,6-7,13-14H2,1H3/t16-,18-,19-/m1/s1. The van der Waals surface area contributed by atoms with Gasteiger partial charge in [0, 0.05) is 13.0 Å². The summed E-state index contributed by atoms with van der Waals surface area (Å²) in [5, 5.41) is 0.446. The van der Waals surface area contributed by atoms with E-state index < -0.39 is 11.9 Å². The minimum atomic E-state index is -0.617. The van der Waals surface area contributed by atoms with Crippen molar-refractivity contribution < 1.29 is 23.9 Å². The Morgan fingerprint density at radius 2 is 1.65 bits per heavy atom. The van der Waals surface area contributed by atoms with Crippen LogP contribution in [0.3, 0.4) is 0 Å². The molecule has 3 amide bonds. The van der Waals surface area contributed by atoms with Gasteiger partial charge >= 0.3 is 5.97 Å². The topological polar surface area (TPSA) is 84.0 Å². The van der Waals surface area contributed by atoms with Crippen LogP contribution in [0.4, 0.5) is 11.4 Å². The number of carbonyl (C=O) groups is 4. The lowest BCUT2D eigenvalue weighted by Gasteiger charge is -2.19. The van der Waals surface area contributed by atoms with E-state index in [1.807, 2.05) is 0 Å². The van der Waals surface area contributed by atoms with Crippen molar-refractivity contribution in [2.75, 3.05) is 16.3 Å². The maximum atomic E-state index is 12.9.